The van der Waals surface area contributed by atoms with E-state index in [0.29, 0.717) is 22.8 Å². The van der Waals surface area contributed by atoms with Crippen LogP contribution in [0.4, 0.5) is 18.9 Å². The molecule has 7 rings (SSSR count). The van der Waals surface area contributed by atoms with E-state index < -0.39 is 35.9 Å². The van der Waals surface area contributed by atoms with E-state index in [2.05, 4.69) is 20.1 Å². The Morgan fingerprint density at radius 3 is 2.51 bits per heavy atom. The fraction of sp³-hybridized carbons (Fsp3) is 0.303. The highest BCUT2D eigenvalue weighted by Crippen LogP contribution is 2.46. The Kier molecular flexibility index (Phi) is 7.98. The topological polar surface area (TPSA) is 162 Å². The van der Waals surface area contributed by atoms with Crippen molar-refractivity contribution >= 4 is 40.1 Å². The van der Waals surface area contributed by atoms with Crippen molar-refractivity contribution in [3.63, 3.8) is 0 Å². The van der Waals surface area contributed by atoms with Gasteiger partial charge in [-0.15, -0.1) is 0 Å². The molecule has 1 aliphatic heterocycles. The van der Waals surface area contributed by atoms with Gasteiger partial charge in [0.15, 0.2) is 23.0 Å². The summed E-state index contributed by atoms with van der Waals surface area (Å²) in [7, 11) is 0. The van der Waals surface area contributed by atoms with Gasteiger partial charge in [-0.25, -0.2) is 24.0 Å². The molecule has 0 unspecified atom stereocenters. The molecule has 5 heterocycles. The highest BCUT2D eigenvalue weighted by molar-refractivity contribution is 6.30. The van der Waals surface area contributed by atoms with E-state index in [1.807, 2.05) is 0 Å². The third-order valence-electron chi connectivity index (χ3n) is 8.52. The number of carbonyl (C=O) groups is 2. The van der Waals surface area contributed by atoms with Crippen LogP contribution in [0.2, 0.25) is 5.02 Å². The maximum Gasteiger partial charge on any atom is 0.482 e. The Morgan fingerprint density at radius 2 is 1.88 bits per heavy atom. The number of benzene rings is 1. The molecule has 0 bridgehead atoms. The second-order valence-electron chi connectivity index (χ2n) is 12.1. The van der Waals surface area contributed by atoms with Gasteiger partial charge in [0, 0.05) is 11.8 Å². The van der Waals surface area contributed by atoms with Crippen LogP contribution in [0, 0.1) is 11.7 Å². The molecular formula is C33H28ClF3N8O4. The van der Waals surface area contributed by atoms with Crippen molar-refractivity contribution in [2.24, 2.45) is 11.7 Å². The van der Waals surface area contributed by atoms with Crippen LogP contribution in [0.3, 0.4) is 0 Å². The molecular weight excluding hydrogens is 665 g/mol. The number of rotatable bonds is 9. The number of alkyl halides is 2. The third kappa shape index (κ3) is 5.93. The third-order valence-corrected chi connectivity index (χ3v) is 8.75. The Labute approximate surface area is 281 Å². The number of ether oxygens (including phenoxy) is 1. The number of carbonyl (C=O) groups excluding carboxylic acids is 2. The minimum Gasteiger partial charge on any atom is -0.423 e. The van der Waals surface area contributed by atoms with E-state index >= 15 is 8.78 Å². The van der Waals surface area contributed by atoms with Crippen molar-refractivity contribution in [2.45, 2.75) is 57.9 Å². The summed E-state index contributed by atoms with van der Waals surface area (Å²) in [5.74, 6) is -2.94. The summed E-state index contributed by atoms with van der Waals surface area (Å²) < 4.78 is 50.4. The van der Waals surface area contributed by atoms with Gasteiger partial charge in [-0.1, -0.05) is 17.7 Å². The van der Waals surface area contributed by atoms with Crippen molar-refractivity contribution in [1.29, 1.82) is 0 Å². The predicted octanol–water partition coefficient (Wildman–Crippen LogP) is 5.31. The van der Waals surface area contributed by atoms with Gasteiger partial charge >= 0.3 is 12.0 Å². The number of anilines is 1. The zero-order valence-corrected chi connectivity index (χ0v) is 26.8. The first-order valence-electron chi connectivity index (χ1n) is 15.4. The molecule has 1 saturated carbocycles. The summed E-state index contributed by atoms with van der Waals surface area (Å²) in [6, 6.07) is 6.58. The number of hydrogen-bond acceptors (Lipinski definition) is 9. The molecule has 1 aliphatic carbocycles. The van der Waals surface area contributed by atoms with Gasteiger partial charge < -0.3 is 15.6 Å². The van der Waals surface area contributed by atoms with E-state index in [9.17, 15) is 19.1 Å². The summed E-state index contributed by atoms with van der Waals surface area (Å²) in [6.45, 7) is 2.88. The first-order chi connectivity index (χ1) is 23.3. The van der Waals surface area contributed by atoms with Crippen molar-refractivity contribution in [1.82, 2.24) is 29.7 Å². The molecule has 5 aromatic rings. The lowest BCUT2D eigenvalue weighted by Crippen LogP contribution is -2.50. The second kappa shape index (κ2) is 12.1. The molecule has 0 saturated heterocycles. The number of aliphatic hydroxyl groups is 1. The Balaban J connectivity index is 1.46. The van der Waals surface area contributed by atoms with Crippen LogP contribution in [-0.2, 0) is 17.8 Å². The van der Waals surface area contributed by atoms with E-state index in [4.69, 9.17) is 27.1 Å². The molecule has 49 heavy (non-hydrogen) atoms. The number of aliphatic hydroxyl groups excluding tert-OH is 1. The van der Waals surface area contributed by atoms with Gasteiger partial charge in [0.25, 0.3) is 5.91 Å². The number of nitrogens with zero attached hydrogens (tertiary/aromatic N) is 7. The van der Waals surface area contributed by atoms with Crippen molar-refractivity contribution in [3.05, 3.63) is 88.2 Å². The van der Waals surface area contributed by atoms with Gasteiger partial charge in [0.2, 0.25) is 0 Å². The van der Waals surface area contributed by atoms with Crippen LogP contribution >= 0.6 is 11.6 Å². The summed E-state index contributed by atoms with van der Waals surface area (Å²) >= 11 is 5.93. The number of primary amides is 1. The fourth-order valence-electron chi connectivity index (χ4n) is 5.99. The number of pyridine rings is 2. The number of amides is 2. The SMILES string of the molecule is C[C@@H](O)c1nn([C@@H](C)c2ncc(F)cn2)c2nc(CC3CC3)c(C(N)=O)c(-c3ccc4c(c3)OC(F)(F)C(=O)N4Cc3ccc(Cl)cn3)c12. The summed E-state index contributed by atoms with van der Waals surface area (Å²) in [6.07, 6.45) is 0.179. The van der Waals surface area contributed by atoms with Crippen molar-refractivity contribution < 1.29 is 32.6 Å². The average molecular weight is 693 g/mol. The molecule has 12 nitrogen and oxygen atoms in total. The van der Waals surface area contributed by atoms with E-state index in [1.165, 1.54) is 42.1 Å². The lowest BCUT2D eigenvalue weighted by atomic mass is 9.91. The van der Waals surface area contributed by atoms with Crippen LogP contribution in [0.1, 0.15) is 72.1 Å². The molecule has 0 radical (unpaired) electrons. The van der Waals surface area contributed by atoms with E-state index in [1.54, 1.807) is 13.0 Å². The molecule has 2 amide bonds. The highest BCUT2D eigenvalue weighted by atomic mass is 35.5. The fourth-order valence-corrected chi connectivity index (χ4v) is 6.10. The van der Waals surface area contributed by atoms with E-state index in [0.717, 1.165) is 30.1 Å². The van der Waals surface area contributed by atoms with Gasteiger partial charge in [0.05, 0.1) is 58.1 Å². The molecule has 16 heteroatoms. The normalized spacial score (nSPS) is 16.7. The van der Waals surface area contributed by atoms with Crippen LogP contribution in [0.25, 0.3) is 22.2 Å². The first-order valence-corrected chi connectivity index (χ1v) is 15.7. The van der Waals surface area contributed by atoms with Gasteiger partial charge in [-0.3, -0.25) is 19.5 Å². The molecule has 1 fully saturated rings. The number of hydrogen-bond donors (Lipinski definition) is 2. The molecule has 3 N–H and O–H groups in total. The van der Waals surface area contributed by atoms with Gasteiger partial charge in [-0.2, -0.15) is 13.9 Å². The van der Waals surface area contributed by atoms with Crippen LogP contribution < -0.4 is 15.4 Å². The van der Waals surface area contributed by atoms with Crippen LogP contribution in [0.15, 0.2) is 48.9 Å². The first kappa shape index (κ1) is 32.4. The average Bonchev–Trinajstić information content (AvgIpc) is 3.79. The smallest absolute Gasteiger partial charge is 0.423 e. The van der Waals surface area contributed by atoms with Crippen LogP contribution in [0.5, 0.6) is 5.75 Å². The lowest BCUT2D eigenvalue weighted by molar-refractivity contribution is -0.193. The van der Waals surface area contributed by atoms with Crippen molar-refractivity contribution in [3.8, 4) is 16.9 Å². The number of halogens is 4. The molecule has 252 valence electrons. The second-order valence-corrected chi connectivity index (χ2v) is 12.6. The minimum atomic E-state index is -4.23. The lowest BCUT2D eigenvalue weighted by Gasteiger charge is -2.33. The van der Waals surface area contributed by atoms with Crippen LogP contribution in [-0.4, -0.2) is 52.7 Å². The molecule has 1 aromatic carbocycles. The van der Waals surface area contributed by atoms with E-state index in [-0.39, 0.29) is 63.1 Å². The summed E-state index contributed by atoms with van der Waals surface area (Å²) in [4.78, 5) is 44.2. The Bertz CT molecular complexity index is 2120. The zero-order valence-electron chi connectivity index (χ0n) is 26.1. The summed E-state index contributed by atoms with van der Waals surface area (Å²) in [5, 5.41) is 16.2. The Hall–Kier alpha value is -5.15. The summed E-state index contributed by atoms with van der Waals surface area (Å²) in [5.41, 5.74) is 7.51. The monoisotopic (exact) mass is 692 g/mol. The molecule has 4 aromatic heterocycles. The maximum absolute atomic E-state index is 15.1. The predicted molar refractivity (Wildman–Crippen MR) is 170 cm³/mol. The zero-order chi connectivity index (χ0) is 34.8. The molecule has 2 aliphatic rings. The number of fused-ring (bicyclic) bond motifs is 2. The van der Waals surface area contributed by atoms with Crippen molar-refractivity contribution in [2.75, 3.05) is 4.90 Å². The molecule has 2 atom stereocenters. The maximum atomic E-state index is 15.1. The highest BCUT2D eigenvalue weighted by Gasteiger charge is 2.50. The van der Waals surface area contributed by atoms with Gasteiger partial charge in [0.1, 0.15) is 11.7 Å². The largest absolute Gasteiger partial charge is 0.482 e. The quantitative estimate of drug-likeness (QED) is 0.209. The standard InChI is InChI=1S/C33H28ClF3N8O4/c1-15(30-40-12-20(35)13-41-30)45-31-27(28(43-45)16(2)46)25(26(29(38)47)22(42-31)9-17-3-4-17)18-5-8-23-24(10-18)49-33(36,37)32(48)44(23)14-21-7-6-19(34)11-39-21/h5-8,10-13,15-17,46H,3-4,9,14H2,1-2H3,(H2,38,47)/t15-,16+/m0/s1. The number of aromatic nitrogens is 6. The minimum absolute atomic E-state index is 0.0346. The van der Waals surface area contributed by atoms with Gasteiger partial charge in [-0.05, 0) is 68.9 Å². The molecule has 0 spiro atoms. The number of nitrogens with two attached hydrogens (primary N) is 1. The Morgan fingerprint density at radius 1 is 1.14 bits per heavy atom.